The van der Waals surface area contributed by atoms with Crippen molar-refractivity contribution in [3.05, 3.63) is 35.4 Å². The Morgan fingerprint density at radius 3 is 2.25 bits per heavy atom. The average molecular weight is 285 g/mol. The fourth-order valence-corrected chi connectivity index (χ4v) is 1.77. The minimum Gasteiger partial charge on any atom is -0.481 e. The lowest BCUT2D eigenvalue weighted by Gasteiger charge is -2.21. The van der Waals surface area contributed by atoms with Crippen molar-refractivity contribution < 1.29 is 23.5 Å². The first-order valence-corrected chi connectivity index (χ1v) is 6.12. The second-order valence-corrected chi connectivity index (χ2v) is 5.29. The van der Waals surface area contributed by atoms with Gasteiger partial charge in [0.05, 0.1) is 11.5 Å². The van der Waals surface area contributed by atoms with Crippen molar-refractivity contribution in [1.29, 1.82) is 0 Å². The van der Waals surface area contributed by atoms with Crippen LogP contribution >= 0.6 is 0 Å². The molecule has 0 aliphatic carbocycles. The van der Waals surface area contributed by atoms with Gasteiger partial charge in [-0.05, 0) is 32.9 Å². The molecule has 1 unspecified atom stereocenters. The first-order chi connectivity index (χ1) is 9.15. The Morgan fingerprint density at radius 1 is 1.30 bits per heavy atom. The number of hydrogen-bond acceptors (Lipinski definition) is 2. The van der Waals surface area contributed by atoms with Crippen LogP contribution in [-0.2, 0) is 9.59 Å². The van der Waals surface area contributed by atoms with E-state index in [9.17, 15) is 18.4 Å². The third kappa shape index (κ3) is 3.76. The number of rotatable bonds is 5. The van der Waals surface area contributed by atoms with Gasteiger partial charge in [0.25, 0.3) is 0 Å². The molecule has 0 heterocycles. The molecule has 0 bridgehead atoms. The van der Waals surface area contributed by atoms with Crippen LogP contribution in [0.4, 0.5) is 8.78 Å². The maximum Gasteiger partial charge on any atom is 0.309 e. The largest absolute Gasteiger partial charge is 0.481 e. The van der Waals surface area contributed by atoms with Crippen molar-refractivity contribution in [3.63, 3.8) is 0 Å². The van der Waals surface area contributed by atoms with Gasteiger partial charge in [-0.25, -0.2) is 8.78 Å². The van der Waals surface area contributed by atoms with Crippen molar-refractivity contribution in [1.82, 2.24) is 5.32 Å². The molecule has 0 aliphatic heterocycles. The van der Waals surface area contributed by atoms with Gasteiger partial charge >= 0.3 is 5.97 Å². The van der Waals surface area contributed by atoms with Gasteiger partial charge in [-0.3, -0.25) is 9.59 Å². The zero-order valence-corrected chi connectivity index (χ0v) is 11.5. The highest BCUT2D eigenvalue weighted by atomic mass is 19.1. The van der Waals surface area contributed by atoms with Gasteiger partial charge in [0.1, 0.15) is 11.6 Å². The molecule has 6 heteroatoms. The number of carboxylic acids is 1. The van der Waals surface area contributed by atoms with Crippen molar-refractivity contribution in [3.8, 4) is 0 Å². The van der Waals surface area contributed by atoms with Crippen molar-refractivity contribution in [2.45, 2.75) is 33.2 Å². The first-order valence-electron chi connectivity index (χ1n) is 6.12. The molecule has 0 radical (unpaired) electrons. The second-order valence-electron chi connectivity index (χ2n) is 5.29. The summed E-state index contributed by atoms with van der Waals surface area (Å²) < 4.78 is 27.1. The Morgan fingerprint density at radius 2 is 1.80 bits per heavy atom. The molecule has 0 aliphatic rings. The van der Waals surface area contributed by atoms with E-state index in [-0.39, 0.29) is 12.0 Å². The molecule has 20 heavy (non-hydrogen) atoms. The van der Waals surface area contributed by atoms with E-state index in [1.807, 2.05) is 0 Å². The third-order valence-corrected chi connectivity index (χ3v) is 2.99. The summed E-state index contributed by atoms with van der Waals surface area (Å²) in [4.78, 5) is 22.7. The van der Waals surface area contributed by atoms with E-state index in [2.05, 4.69) is 5.32 Å². The fourth-order valence-electron chi connectivity index (χ4n) is 1.77. The summed E-state index contributed by atoms with van der Waals surface area (Å²) in [6.07, 6.45) is -0.275. The Balaban J connectivity index is 2.79. The van der Waals surface area contributed by atoms with E-state index in [1.54, 1.807) is 0 Å². The molecule has 0 saturated heterocycles. The van der Waals surface area contributed by atoms with Crippen molar-refractivity contribution in [2.24, 2.45) is 5.41 Å². The van der Waals surface area contributed by atoms with Crippen LogP contribution in [0.2, 0.25) is 0 Å². The van der Waals surface area contributed by atoms with E-state index in [0.29, 0.717) is 0 Å². The average Bonchev–Trinajstić information content (AvgIpc) is 2.27. The topological polar surface area (TPSA) is 66.4 Å². The molecule has 0 aromatic heterocycles. The number of carbonyl (C=O) groups is 2. The molecule has 110 valence electrons. The van der Waals surface area contributed by atoms with E-state index in [1.165, 1.54) is 26.8 Å². The normalized spacial score (nSPS) is 12.8. The van der Waals surface area contributed by atoms with Gasteiger partial charge in [0.2, 0.25) is 5.91 Å². The smallest absolute Gasteiger partial charge is 0.309 e. The molecule has 4 nitrogen and oxygen atoms in total. The Kier molecular flexibility index (Phi) is 4.81. The van der Waals surface area contributed by atoms with E-state index in [0.717, 1.165) is 12.1 Å². The monoisotopic (exact) mass is 285 g/mol. The number of nitrogens with one attached hydrogen (secondary N) is 1. The summed E-state index contributed by atoms with van der Waals surface area (Å²) in [6, 6.07) is 2.55. The number of carboxylic acid groups (broad SMARTS) is 1. The van der Waals surface area contributed by atoms with Crippen LogP contribution in [0.5, 0.6) is 0 Å². The molecular formula is C14H17F2NO3. The van der Waals surface area contributed by atoms with Gasteiger partial charge in [-0.1, -0.05) is 6.07 Å². The SMILES string of the molecule is CC(NC(=O)CC(C)(C)C(=O)O)c1c(F)cccc1F. The number of amides is 1. The molecule has 0 saturated carbocycles. The Labute approximate surface area is 115 Å². The lowest BCUT2D eigenvalue weighted by Crippen LogP contribution is -2.35. The van der Waals surface area contributed by atoms with Crippen molar-refractivity contribution in [2.75, 3.05) is 0 Å². The summed E-state index contributed by atoms with van der Waals surface area (Å²) in [6.45, 7) is 4.25. The minimum absolute atomic E-state index is 0.242. The predicted molar refractivity (Wildman–Crippen MR) is 68.9 cm³/mol. The summed E-state index contributed by atoms with van der Waals surface area (Å²) in [5, 5.41) is 11.3. The van der Waals surface area contributed by atoms with Crippen LogP contribution < -0.4 is 5.32 Å². The van der Waals surface area contributed by atoms with Crippen LogP contribution in [0.15, 0.2) is 18.2 Å². The van der Waals surface area contributed by atoms with Gasteiger partial charge in [0.15, 0.2) is 0 Å². The summed E-state index contributed by atoms with van der Waals surface area (Å²) >= 11 is 0. The molecule has 0 fully saturated rings. The molecule has 1 rings (SSSR count). The van der Waals surface area contributed by atoms with Gasteiger partial charge in [-0.15, -0.1) is 0 Å². The number of carbonyl (C=O) groups excluding carboxylic acids is 1. The van der Waals surface area contributed by atoms with E-state index >= 15 is 0 Å². The van der Waals surface area contributed by atoms with Gasteiger partial charge in [-0.2, -0.15) is 0 Å². The molecule has 1 atom stereocenters. The zero-order valence-electron chi connectivity index (χ0n) is 11.5. The zero-order chi connectivity index (χ0) is 15.5. The van der Waals surface area contributed by atoms with Gasteiger partial charge < -0.3 is 10.4 Å². The highest BCUT2D eigenvalue weighted by Gasteiger charge is 2.31. The highest BCUT2D eigenvalue weighted by molar-refractivity contribution is 5.84. The standard InChI is InChI=1S/C14H17F2NO3/c1-8(12-9(15)5-4-6-10(12)16)17-11(18)7-14(2,3)13(19)20/h4-6,8H,7H2,1-3H3,(H,17,18)(H,19,20). The Bertz CT molecular complexity index is 509. The molecule has 1 aromatic carbocycles. The first kappa shape index (κ1) is 16.1. The molecule has 2 N–H and O–H groups in total. The second kappa shape index (κ2) is 5.98. The molecule has 1 aromatic rings. The molecular weight excluding hydrogens is 268 g/mol. The van der Waals surface area contributed by atoms with Crippen LogP contribution in [0.3, 0.4) is 0 Å². The molecule has 0 spiro atoms. The van der Waals surface area contributed by atoms with Crippen LogP contribution in [0, 0.1) is 17.0 Å². The summed E-state index contributed by atoms with van der Waals surface area (Å²) in [5.74, 6) is -3.20. The van der Waals surface area contributed by atoms with Gasteiger partial charge in [0, 0.05) is 12.0 Å². The highest BCUT2D eigenvalue weighted by Crippen LogP contribution is 2.23. The van der Waals surface area contributed by atoms with Crippen LogP contribution in [0.1, 0.15) is 38.8 Å². The lowest BCUT2D eigenvalue weighted by atomic mass is 9.89. The fraction of sp³-hybridized carbons (Fsp3) is 0.429. The number of aliphatic carboxylic acids is 1. The summed E-state index contributed by atoms with van der Waals surface area (Å²) in [7, 11) is 0. The minimum atomic E-state index is -1.24. The maximum absolute atomic E-state index is 13.5. The number of halogens is 2. The van der Waals surface area contributed by atoms with Crippen LogP contribution in [-0.4, -0.2) is 17.0 Å². The summed E-state index contributed by atoms with van der Waals surface area (Å²) in [5.41, 5.74) is -1.48. The quantitative estimate of drug-likeness (QED) is 0.874. The number of hydrogen-bond donors (Lipinski definition) is 2. The predicted octanol–water partition coefficient (Wildman–Crippen LogP) is 2.64. The van der Waals surface area contributed by atoms with E-state index < -0.39 is 35.0 Å². The lowest BCUT2D eigenvalue weighted by molar-refractivity contribution is -0.149. The Hall–Kier alpha value is -1.98. The van der Waals surface area contributed by atoms with E-state index in [4.69, 9.17) is 5.11 Å². The molecule has 1 amide bonds. The maximum atomic E-state index is 13.5. The number of benzene rings is 1. The third-order valence-electron chi connectivity index (χ3n) is 2.99. The van der Waals surface area contributed by atoms with Crippen molar-refractivity contribution >= 4 is 11.9 Å². The van der Waals surface area contributed by atoms with Crippen LogP contribution in [0.25, 0.3) is 0 Å².